The second kappa shape index (κ2) is 7.98. The fourth-order valence-corrected chi connectivity index (χ4v) is 3.20. The van der Waals surface area contributed by atoms with Crippen LogP contribution in [-0.2, 0) is 0 Å². The molecule has 0 saturated heterocycles. The normalized spacial score (nSPS) is 10.5. The number of carbonyl (C=O) groups is 2. The molecule has 0 aromatic heterocycles. The van der Waals surface area contributed by atoms with Crippen molar-refractivity contribution in [2.75, 3.05) is 10.6 Å². The van der Waals surface area contributed by atoms with Gasteiger partial charge in [-0.1, -0.05) is 48.5 Å². The van der Waals surface area contributed by atoms with Crippen molar-refractivity contribution in [2.24, 2.45) is 0 Å². The number of carbonyl (C=O) groups excluding carboxylic acids is 2. The SMILES string of the molecule is Cc1cc(NC(=O)c2ccc3ccccc3c2)ccc1NC(=O)c1ccccc1. The minimum absolute atomic E-state index is 0.165. The first-order chi connectivity index (χ1) is 14.1. The molecule has 0 heterocycles. The van der Waals surface area contributed by atoms with Crippen LogP contribution in [0.4, 0.5) is 11.4 Å². The molecule has 0 aliphatic heterocycles. The minimum atomic E-state index is -0.170. The van der Waals surface area contributed by atoms with Crippen LogP contribution in [0.15, 0.2) is 91.0 Å². The number of hydrogen-bond acceptors (Lipinski definition) is 2. The number of aryl methyl sites for hydroxylation is 1. The molecule has 29 heavy (non-hydrogen) atoms. The number of amides is 2. The molecule has 142 valence electrons. The van der Waals surface area contributed by atoms with Gasteiger partial charge in [-0.2, -0.15) is 0 Å². The van der Waals surface area contributed by atoms with Gasteiger partial charge in [-0.15, -0.1) is 0 Å². The van der Waals surface area contributed by atoms with E-state index < -0.39 is 0 Å². The first-order valence-electron chi connectivity index (χ1n) is 9.37. The Kier molecular flexibility index (Phi) is 5.08. The summed E-state index contributed by atoms with van der Waals surface area (Å²) in [4.78, 5) is 25.0. The highest BCUT2D eigenvalue weighted by atomic mass is 16.2. The molecule has 0 aliphatic rings. The van der Waals surface area contributed by atoms with Crippen molar-refractivity contribution >= 4 is 34.0 Å². The Morgan fingerprint density at radius 3 is 2.07 bits per heavy atom. The molecule has 0 saturated carbocycles. The van der Waals surface area contributed by atoms with Crippen molar-refractivity contribution in [1.29, 1.82) is 0 Å². The van der Waals surface area contributed by atoms with Gasteiger partial charge in [0.15, 0.2) is 0 Å². The molecule has 4 aromatic rings. The predicted molar refractivity (Wildman–Crippen MR) is 117 cm³/mol. The van der Waals surface area contributed by atoms with Crippen LogP contribution in [0.1, 0.15) is 26.3 Å². The summed E-state index contributed by atoms with van der Waals surface area (Å²) in [5.74, 6) is -0.335. The lowest BCUT2D eigenvalue weighted by atomic mass is 10.1. The molecule has 0 radical (unpaired) electrons. The van der Waals surface area contributed by atoms with E-state index >= 15 is 0 Å². The molecule has 0 fully saturated rings. The lowest BCUT2D eigenvalue weighted by molar-refractivity contribution is 0.101. The summed E-state index contributed by atoms with van der Waals surface area (Å²) in [6.07, 6.45) is 0. The zero-order chi connectivity index (χ0) is 20.2. The minimum Gasteiger partial charge on any atom is -0.322 e. The van der Waals surface area contributed by atoms with Crippen LogP contribution >= 0.6 is 0 Å². The fourth-order valence-electron chi connectivity index (χ4n) is 3.20. The van der Waals surface area contributed by atoms with E-state index in [9.17, 15) is 9.59 Å². The van der Waals surface area contributed by atoms with Gasteiger partial charge in [0.2, 0.25) is 0 Å². The quantitative estimate of drug-likeness (QED) is 0.480. The molecule has 4 aromatic carbocycles. The summed E-state index contributed by atoms with van der Waals surface area (Å²) < 4.78 is 0. The Hall–Kier alpha value is -3.92. The molecule has 0 bridgehead atoms. The average Bonchev–Trinajstić information content (AvgIpc) is 2.75. The van der Waals surface area contributed by atoms with Crippen molar-refractivity contribution in [3.8, 4) is 0 Å². The van der Waals surface area contributed by atoms with Crippen LogP contribution in [-0.4, -0.2) is 11.8 Å². The van der Waals surface area contributed by atoms with Gasteiger partial charge in [-0.25, -0.2) is 0 Å². The standard InChI is InChI=1S/C25H20N2O2/c1-17-15-22(13-14-23(17)27-24(28)19-8-3-2-4-9-19)26-25(29)21-12-11-18-7-5-6-10-20(18)16-21/h2-16H,1H3,(H,26,29)(H,27,28). The third-order valence-electron chi connectivity index (χ3n) is 4.78. The number of hydrogen-bond donors (Lipinski definition) is 2. The summed E-state index contributed by atoms with van der Waals surface area (Å²) in [6.45, 7) is 1.90. The molecule has 0 aliphatic carbocycles. The van der Waals surface area contributed by atoms with Gasteiger partial charge >= 0.3 is 0 Å². The van der Waals surface area contributed by atoms with Gasteiger partial charge in [-0.3, -0.25) is 9.59 Å². The maximum absolute atomic E-state index is 12.6. The van der Waals surface area contributed by atoms with Crippen LogP contribution in [0.3, 0.4) is 0 Å². The second-order valence-electron chi connectivity index (χ2n) is 6.87. The summed E-state index contributed by atoms with van der Waals surface area (Å²) in [5, 5.41) is 7.95. The highest BCUT2D eigenvalue weighted by molar-refractivity contribution is 6.07. The van der Waals surface area contributed by atoms with Crippen molar-refractivity contribution in [1.82, 2.24) is 0 Å². The van der Waals surface area contributed by atoms with E-state index in [0.717, 1.165) is 16.3 Å². The summed E-state index contributed by atoms with van der Waals surface area (Å²) in [6, 6.07) is 28.1. The van der Waals surface area contributed by atoms with E-state index in [1.165, 1.54) is 0 Å². The van der Waals surface area contributed by atoms with E-state index in [4.69, 9.17) is 0 Å². The molecule has 2 amide bonds. The molecular weight excluding hydrogens is 360 g/mol. The average molecular weight is 380 g/mol. The van der Waals surface area contributed by atoms with E-state index in [-0.39, 0.29) is 11.8 Å². The van der Waals surface area contributed by atoms with Gasteiger partial charge in [-0.05, 0) is 65.7 Å². The summed E-state index contributed by atoms with van der Waals surface area (Å²) in [7, 11) is 0. The Morgan fingerprint density at radius 1 is 0.621 bits per heavy atom. The summed E-state index contributed by atoms with van der Waals surface area (Å²) in [5.41, 5.74) is 3.45. The predicted octanol–water partition coefficient (Wildman–Crippen LogP) is 5.65. The van der Waals surface area contributed by atoms with E-state index in [2.05, 4.69) is 10.6 Å². The third kappa shape index (κ3) is 4.17. The highest BCUT2D eigenvalue weighted by Gasteiger charge is 2.10. The van der Waals surface area contributed by atoms with Gasteiger partial charge < -0.3 is 10.6 Å². The molecule has 4 nitrogen and oxygen atoms in total. The fraction of sp³-hybridized carbons (Fsp3) is 0.0400. The van der Waals surface area contributed by atoms with Crippen molar-refractivity contribution in [3.63, 3.8) is 0 Å². The van der Waals surface area contributed by atoms with Crippen molar-refractivity contribution < 1.29 is 9.59 Å². The van der Waals surface area contributed by atoms with Gasteiger partial charge in [0.25, 0.3) is 11.8 Å². The Morgan fingerprint density at radius 2 is 1.31 bits per heavy atom. The third-order valence-corrected chi connectivity index (χ3v) is 4.78. The Bertz CT molecular complexity index is 1200. The van der Waals surface area contributed by atoms with Gasteiger partial charge in [0.05, 0.1) is 0 Å². The highest BCUT2D eigenvalue weighted by Crippen LogP contribution is 2.22. The Labute approximate surface area is 169 Å². The molecule has 0 atom stereocenters. The number of nitrogens with one attached hydrogen (secondary N) is 2. The van der Waals surface area contributed by atoms with Crippen LogP contribution in [0, 0.1) is 6.92 Å². The lowest BCUT2D eigenvalue weighted by Gasteiger charge is -2.12. The second-order valence-corrected chi connectivity index (χ2v) is 6.87. The number of benzene rings is 4. The number of anilines is 2. The first kappa shape index (κ1) is 18.4. The molecule has 4 heteroatoms. The first-order valence-corrected chi connectivity index (χ1v) is 9.37. The van der Waals surface area contributed by atoms with Gasteiger partial charge in [0.1, 0.15) is 0 Å². The number of fused-ring (bicyclic) bond motifs is 1. The van der Waals surface area contributed by atoms with E-state index in [0.29, 0.717) is 22.5 Å². The maximum atomic E-state index is 12.6. The maximum Gasteiger partial charge on any atom is 0.255 e. The molecule has 0 spiro atoms. The van der Waals surface area contributed by atoms with Crippen LogP contribution in [0.2, 0.25) is 0 Å². The monoisotopic (exact) mass is 380 g/mol. The largest absolute Gasteiger partial charge is 0.322 e. The molecular formula is C25H20N2O2. The Balaban J connectivity index is 1.48. The molecule has 4 rings (SSSR count). The zero-order valence-electron chi connectivity index (χ0n) is 16.0. The van der Waals surface area contributed by atoms with E-state index in [1.807, 2.05) is 73.7 Å². The van der Waals surface area contributed by atoms with Crippen LogP contribution in [0.5, 0.6) is 0 Å². The zero-order valence-corrected chi connectivity index (χ0v) is 16.0. The lowest BCUT2D eigenvalue weighted by Crippen LogP contribution is -2.14. The van der Waals surface area contributed by atoms with Crippen LogP contribution < -0.4 is 10.6 Å². The van der Waals surface area contributed by atoms with Crippen molar-refractivity contribution in [2.45, 2.75) is 6.92 Å². The number of rotatable bonds is 4. The molecule has 2 N–H and O–H groups in total. The molecule has 0 unspecified atom stereocenters. The van der Waals surface area contributed by atoms with Crippen molar-refractivity contribution in [3.05, 3.63) is 108 Å². The summed E-state index contributed by atoms with van der Waals surface area (Å²) >= 11 is 0. The van der Waals surface area contributed by atoms with E-state index in [1.54, 1.807) is 24.3 Å². The van der Waals surface area contributed by atoms with Crippen LogP contribution in [0.25, 0.3) is 10.8 Å². The smallest absolute Gasteiger partial charge is 0.255 e. The topological polar surface area (TPSA) is 58.2 Å². The van der Waals surface area contributed by atoms with Gasteiger partial charge in [0, 0.05) is 22.5 Å².